The zero-order valence-electron chi connectivity index (χ0n) is 11.1. The highest BCUT2D eigenvalue weighted by atomic mass is 16.5. The van der Waals surface area contributed by atoms with Gasteiger partial charge in [0.15, 0.2) is 0 Å². The van der Waals surface area contributed by atoms with Crippen molar-refractivity contribution < 1.29 is 4.74 Å². The van der Waals surface area contributed by atoms with Gasteiger partial charge < -0.3 is 15.8 Å². The third-order valence-electron chi connectivity index (χ3n) is 3.25. The van der Waals surface area contributed by atoms with Gasteiger partial charge in [-0.15, -0.1) is 0 Å². The van der Waals surface area contributed by atoms with Gasteiger partial charge in [0.2, 0.25) is 0 Å². The first-order chi connectivity index (χ1) is 8.21. The van der Waals surface area contributed by atoms with E-state index in [4.69, 9.17) is 10.5 Å². The van der Waals surface area contributed by atoms with E-state index >= 15 is 0 Å². The second-order valence-corrected chi connectivity index (χ2v) is 4.38. The first-order valence-electron chi connectivity index (χ1n) is 6.34. The minimum Gasteiger partial charge on any atom is -0.497 e. The van der Waals surface area contributed by atoms with E-state index in [1.165, 1.54) is 12.8 Å². The lowest BCUT2D eigenvalue weighted by Gasteiger charge is -2.14. The van der Waals surface area contributed by atoms with Crippen LogP contribution in [0.15, 0.2) is 18.2 Å². The highest BCUT2D eigenvalue weighted by Gasteiger charge is 2.04. The van der Waals surface area contributed by atoms with Crippen molar-refractivity contribution in [2.75, 3.05) is 19.4 Å². The van der Waals surface area contributed by atoms with Crippen LogP contribution >= 0.6 is 0 Å². The van der Waals surface area contributed by atoms with E-state index in [1.54, 1.807) is 7.11 Å². The molecule has 0 spiro atoms. The summed E-state index contributed by atoms with van der Waals surface area (Å²) < 4.78 is 5.20. The van der Waals surface area contributed by atoms with Crippen LogP contribution in [-0.2, 0) is 6.54 Å². The number of nitrogen functional groups attached to an aromatic ring is 1. The van der Waals surface area contributed by atoms with Crippen molar-refractivity contribution in [3.8, 4) is 5.75 Å². The topological polar surface area (TPSA) is 47.3 Å². The first kappa shape index (κ1) is 13.8. The van der Waals surface area contributed by atoms with Gasteiger partial charge in [-0.1, -0.05) is 26.7 Å². The number of methoxy groups -OCH3 is 1. The molecule has 0 aliphatic rings. The molecular weight excluding hydrogens is 212 g/mol. The van der Waals surface area contributed by atoms with E-state index in [9.17, 15) is 0 Å². The van der Waals surface area contributed by atoms with Crippen molar-refractivity contribution in [2.24, 2.45) is 5.92 Å². The van der Waals surface area contributed by atoms with Crippen LogP contribution in [0.25, 0.3) is 0 Å². The average Bonchev–Trinajstić information content (AvgIpc) is 2.36. The second-order valence-electron chi connectivity index (χ2n) is 4.38. The maximum absolute atomic E-state index is 5.93. The van der Waals surface area contributed by atoms with Gasteiger partial charge in [-0.25, -0.2) is 0 Å². The Morgan fingerprint density at radius 3 is 2.59 bits per heavy atom. The molecule has 3 N–H and O–H groups in total. The predicted octanol–water partition coefficient (Wildman–Crippen LogP) is 2.80. The maximum Gasteiger partial charge on any atom is 0.119 e. The van der Waals surface area contributed by atoms with Crippen molar-refractivity contribution in [3.63, 3.8) is 0 Å². The Morgan fingerprint density at radius 2 is 2.00 bits per heavy atom. The quantitative estimate of drug-likeness (QED) is 0.716. The molecule has 0 fully saturated rings. The summed E-state index contributed by atoms with van der Waals surface area (Å²) in [6.45, 7) is 6.31. The van der Waals surface area contributed by atoms with Crippen LogP contribution in [0, 0.1) is 5.92 Å². The molecule has 17 heavy (non-hydrogen) atoms. The molecule has 96 valence electrons. The first-order valence-corrected chi connectivity index (χ1v) is 6.34. The molecule has 1 aromatic rings. The lowest BCUT2D eigenvalue weighted by molar-refractivity contribution is 0.413. The average molecular weight is 236 g/mol. The molecule has 0 aliphatic carbocycles. The Morgan fingerprint density at radius 1 is 1.29 bits per heavy atom. The molecule has 0 radical (unpaired) electrons. The van der Waals surface area contributed by atoms with Crippen LogP contribution in [0.1, 0.15) is 32.3 Å². The minimum atomic E-state index is 0.752. The highest BCUT2D eigenvalue weighted by Crippen LogP contribution is 2.19. The predicted molar refractivity (Wildman–Crippen MR) is 73.2 cm³/mol. The van der Waals surface area contributed by atoms with Crippen molar-refractivity contribution >= 4 is 5.69 Å². The molecule has 0 saturated heterocycles. The maximum atomic E-state index is 5.93. The standard InChI is InChI=1S/C14H24N2O/c1-4-11(5-2)9-16-10-12-8-13(17-3)6-7-14(12)15/h6-8,11,16H,4-5,9-10,15H2,1-3H3. The molecule has 1 aromatic carbocycles. The van der Waals surface area contributed by atoms with E-state index in [-0.39, 0.29) is 0 Å². The normalized spacial score (nSPS) is 10.8. The van der Waals surface area contributed by atoms with Crippen LogP contribution in [-0.4, -0.2) is 13.7 Å². The fourth-order valence-corrected chi connectivity index (χ4v) is 1.85. The molecule has 0 aromatic heterocycles. The third-order valence-corrected chi connectivity index (χ3v) is 3.25. The van der Waals surface area contributed by atoms with E-state index in [0.717, 1.165) is 36.0 Å². The Bertz CT molecular complexity index is 335. The highest BCUT2D eigenvalue weighted by molar-refractivity contribution is 5.50. The van der Waals surface area contributed by atoms with Gasteiger partial charge in [0.05, 0.1) is 7.11 Å². The number of anilines is 1. The monoisotopic (exact) mass is 236 g/mol. The number of hydrogen-bond donors (Lipinski definition) is 2. The SMILES string of the molecule is CCC(CC)CNCc1cc(OC)ccc1N. The van der Waals surface area contributed by atoms with Gasteiger partial charge in [-0.05, 0) is 36.2 Å². The van der Waals surface area contributed by atoms with Gasteiger partial charge >= 0.3 is 0 Å². The van der Waals surface area contributed by atoms with Crippen LogP contribution in [0.4, 0.5) is 5.69 Å². The zero-order chi connectivity index (χ0) is 12.7. The minimum absolute atomic E-state index is 0.752. The number of nitrogens with one attached hydrogen (secondary N) is 1. The summed E-state index contributed by atoms with van der Waals surface area (Å²) in [5, 5.41) is 3.46. The molecular formula is C14H24N2O. The van der Waals surface area contributed by atoms with Crippen molar-refractivity contribution in [1.29, 1.82) is 0 Å². The van der Waals surface area contributed by atoms with Crippen LogP contribution in [0.3, 0.4) is 0 Å². The van der Waals surface area contributed by atoms with Gasteiger partial charge in [0, 0.05) is 12.2 Å². The fraction of sp³-hybridized carbons (Fsp3) is 0.571. The summed E-state index contributed by atoms with van der Waals surface area (Å²) in [6.07, 6.45) is 2.44. The summed E-state index contributed by atoms with van der Waals surface area (Å²) in [5.41, 5.74) is 7.86. The van der Waals surface area contributed by atoms with Gasteiger partial charge in [-0.2, -0.15) is 0 Å². The summed E-state index contributed by atoms with van der Waals surface area (Å²) in [5.74, 6) is 1.61. The van der Waals surface area contributed by atoms with Crippen molar-refractivity contribution in [3.05, 3.63) is 23.8 Å². The molecule has 0 aliphatic heterocycles. The second kappa shape index (κ2) is 7.17. The summed E-state index contributed by atoms with van der Waals surface area (Å²) in [4.78, 5) is 0. The molecule has 0 heterocycles. The number of rotatable bonds is 7. The van der Waals surface area contributed by atoms with Crippen molar-refractivity contribution in [2.45, 2.75) is 33.2 Å². The van der Waals surface area contributed by atoms with Crippen LogP contribution < -0.4 is 15.8 Å². The van der Waals surface area contributed by atoms with E-state index in [1.807, 2.05) is 18.2 Å². The lowest BCUT2D eigenvalue weighted by atomic mass is 10.0. The van der Waals surface area contributed by atoms with Gasteiger partial charge in [0.25, 0.3) is 0 Å². The fourth-order valence-electron chi connectivity index (χ4n) is 1.85. The number of hydrogen-bond acceptors (Lipinski definition) is 3. The largest absolute Gasteiger partial charge is 0.497 e. The number of ether oxygens (including phenoxy) is 1. The molecule has 0 saturated carbocycles. The Hall–Kier alpha value is -1.22. The van der Waals surface area contributed by atoms with Crippen LogP contribution in [0.2, 0.25) is 0 Å². The summed E-state index contributed by atoms with van der Waals surface area (Å²) in [6, 6.07) is 5.78. The number of benzene rings is 1. The van der Waals surface area contributed by atoms with E-state index in [2.05, 4.69) is 19.2 Å². The molecule has 0 atom stereocenters. The van der Waals surface area contributed by atoms with Crippen LogP contribution in [0.5, 0.6) is 5.75 Å². The molecule has 3 heteroatoms. The van der Waals surface area contributed by atoms with Gasteiger partial charge in [0.1, 0.15) is 5.75 Å². The molecule has 0 amide bonds. The summed E-state index contributed by atoms with van der Waals surface area (Å²) >= 11 is 0. The molecule has 0 bridgehead atoms. The molecule has 0 unspecified atom stereocenters. The Balaban J connectivity index is 2.50. The number of nitrogens with two attached hydrogens (primary N) is 1. The van der Waals surface area contributed by atoms with E-state index in [0.29, 0.717) is 0 Å². The van der Waals surface area contributed by atoms with Crippen molar-refractivity contribution in [1.82, 2.24) is 5.32 Å². The Labute approximate surface area is 104 Å². The molecule has 3 nitrogen and oxygen atoms in total. The Kier molecular flexibility index (Phi) is 5.84. The van der Waals surface area contributed by atoms with E-state index < -0.39 is 0 Å². The lowest BCUT2D eigenvalue weighted by Crippen LogP contribution is -2.22. The molecule has 1 rings (SSSR count). The van der Waals surface area contributed by atoms with Gasteiger partial charge in [-0.3, -0.25) is 0 Å². The third kappa shape index (κ3) is 4.27. The summed E-state index contributed by atoms with van der Waals surface area (Å²) in [7, 11) is 1.67. The zero-order valence-corrected chi connectivity index (χ0v) is 11.1. The smallest absolute Gasteiger partial charge is 0.119 e.